The highest BCUT2D eigenvalue weighted by Crippen LogP contribution is 2.48. The topological polar surface area (TPSA) is 0 Å². The molecule has 2 aromatic rings. The average Bonchev–Trinajstić information content (AvgIpc) is 2.82. The van der Waals surface area contributed by atoms with Crippen molar-refractivity contribution in [3.05, 3.63) is 95.1 Å². The van der Waals surface area contributed by atoms with Gasteiger partial charge in [-0.2, -0.15) is 0 Å². The van der Waals surface area contributed by atoms with Crippen molar-refractivity contribution in [1.29, 1.82) is 0 Å². The van der Waals surface area contributed by atoms with Crippen molar-refractivity contribution < 1.29 is 8.78 Å². The van der Waals surface area contributed by atoms with E-state index in [4.69, 9.17) is 0 Å². The minimum absolute atomic E-state index is 0.154. The van der Waals surface area contributed by atoms with E-state index in [1.54, 1.807) is 18.2 Å². The summed E-state index contributed by atoms with van der Waals surface area (Å²) in [4.78, 5) is 0. The van der Waals surface area contributed by atoms with Gasteiger partial charge in [-0.05, 0) is 117 Å². The maximum atomic E-state index is 15.0. The minimum atomic E-state index is -0.250. The third-order valence-electron chi connectivity index (χ3n) is 7.58. The number of allylic oxidation sites excluding steroid dienone is 3. The lowest BCUT2D eigenvalue weighted by Gasteiger charge is -2.41. The predicted octanol–water partition coefficient (Wildman–Crippen LogP) is 8.36. The Morgan fingerprint density at radius 3 is 2.30 bits per heavy atom. The van der Waals surface area contributed by atoms with Gasteiger partial charge in [-0.15, -0.1) is 6.58 Å². The van der Waals surface area contributed by atoms with E-state index in [2.05, 4.69) is 37.5 Å². The summed E-state index contributed by atoms with van der Waals surface area (Å²) in [7, 11) is 0. The van der Waals surface area contributed by atoms with Crippen LogP contribution in [0.25, 0.3) is 0 Å². The van der Waals surface area contributed by atoms with Gasteiger partial charge in [-0.1, -0.05) is 42.2 Å². The number of benzene rings is 2. The Balaban J connectivity index is 1.41. The Morgan fingerprint density at radius 2 is 1.61 bits per heavy atom. The van der Waals surface area contributed by atoms with E-state index < -0.39 is 0 Å². The van der Waals surface area contributed by atoms with E-state index in [1.165, 1.54) is 31.7 Å². The molecule has 0 aromatic heterocycles. The van der Waals surface area contributed by atoms with Gasteiger partial charge < -0.3 is 0 Å². The molecule has 0 bridgehead atoms. The number of halogens is 2. The van der Waals surface area contributed by atoms with Gasteiger partial charge in [0.15, 0.2) is 0 Å². The zero-order chi connectivity index (χ0) is 23.2. The molecule has 33 heavy (non-hydrogen) atoms. The lowest BCUT2D eigenvalue weighted by atomic mass is 9.64. The molecule has 4 rings (SSSR count). The normalized spacial score (nSPS) is 24.7. The van der Waals surface area contributed by atoms with Crippen LogP contribution in [0.1, 0.15) is 80.0 Å². The predicted molar refractivity (Wildman–Crippen MR) is 133 cm³/mol. The van der Waals surface area contributed by atoms with E-state index in [0.717, 1.165) is 42.6 Å². The van der Waals surface area contributed by atoms with E-state index in [0.29, 0.717) is 29.0 Å². The van der Waals surface area contributed by atoms with Gasteiger partial charge in [0, 0.05) is 11.1 Å². The number of hydrogen-bond acceptors (Lipinski definition) is 0. The molecule has 0 heterocycles. The molecule has 2 aliphatic rings. The van der Waals surface area contributed by atoms with Crippen LogP contribution in [0.3, 0.4) is 0 Å². The van der Waals surface area contributed by atoms with Crippen LogP contribution in [-0.2, 0) is 6.42 Å². The molecule has 0 N–H and O–H groups in total. The van der Waals surface area contributed by atoms with E-state index in [9.17, 15) is 4.39 Å². The van der Waals surface area contributed by atoms with Crippen LogP contribution in [0.5, 0.6) is 0 Å². The fraction of sp³-hybridized carbons (Fsp3) is 0.419. The van der Waals surface area contributed by atoms with Gasteiger partial charge in [-0.25, -0.2) is 8.78 Å². The molecule has 172 valence electrons. The van der Waals surface area contributed by atoms with Crippen LogP contribution in [0.4, 0.5) is 8.78 Å². The van der Waals surface area contributed by atoms with E-state index in [1.807, 2.05) is 18.2 Å². The largest absolute Gasteiger partial charge is 0.207 e. The smallest absolute Gasteiger partial charge is 0.127 e. The van der Waals surface area contributed by atoms with Crippen molar-refractivity contribution in [2.45, 2.75) is 64.2 Å². The molecule has 0 nitrogen and oxygen atoms in total. The minimum Gasteiger partial charge on any atom is -0.207 e. The molecular weight excluding hydrogens is 410 g/mol. The lowest BCUT2D eigenvalue weighted by Crippen LogP contribution is -2.30. The molecule has 0 aliphatic heterocycles. The Hall–Kier alpha value is -2.66. The second-order valence-corrected chi connectivity index (χ2v) is 9.75. The summed E-state index contributed by atoms with van der Waals surface area (Å²) in [5, 5.41) is 0. The van der Waals surface area contributed by atoms with Gasteiger partial charge in [0.05, 0.1) is 0 Å². The Kier molecular flexibility index (Phi) is 7.81. The maximum Gasteiger partial charge on any atom is 0.127 e. The lowest BCUT2D eigenvalue weighted by molar-refractivity contribution is 0.132. The Morgan fingerprint density at radius 1 is 0.909 bits per heavy atom. The number of fused-ring (bicyclic) bond motifs is 1. The van der Waals surface area contributed by atoms with E-state index >= 15 is 4.39 Å². The van der Waals surface area contributed by atoms with Crippen molar-refractivity contribution in [3.8, 4) is 11.8 Å². The third-order valence-corrected chi connectivity index (χ3v) is 7.58. The van der Waals surface area contributed by atoms with Crippen LogP contribution in [0, 0.1) is 41.2 Å². The second kappa shape index (κ2) is 11.0. The molecule has 2 heteroatoms. The summed E-state index contributed by atoms with van der Waals surface area (Å²) < 4.78 is 29.3. The first kappa shape index (κ1) is 23.5. The molecule has 2 aliphatic carbocycles. The molecule has 0 saturated heterocycles. The molecule has 0 radical (unpaired) electrons. The SMILES string of the molecule is C=CCCc1ccc(C#Cc2ccc(C3CCC4CC(/C=C/C)CCC4C3)c(F)c2)cc1F. The first-order chi connectivity index (χ1) is 16.1. The zero-order valence-electron chi connectivity index (χ0n) is 19.6. The fourth-order valence-electron chi connectivity index (χ4n) is 5.82. The third kappa shape index (κ3) is 5.83. The first-order valence-corrected chi connectivity index (χ1v) is 12.4. The van der Waals surface area contributed by atoms with Crippen molar-refractivity contribution in [2.24, 2.45) is 17.8 Å². The molecule has 2 fully saturated rings. The summed E-state index contributed by atoms with van der Waals surface area (Å²) in [6.07, 6.45) is 14.9. The Labute approximate surface area is 197 Å². The average molecular weight is 445 g/mol. The highest BCUT2D eigenvalue weighted by atomic mass is 19.1. The molecule has 0 spiro atoms. The fourth-order valence-corrected chi connectivity index (χ4v) is 5.82. The van der Waals surface area contributed by atoms with Gasteiger partial charge in [0.1, 0.15) is 11.6 Å². The maximum absolute atomic E-state index is 15.0. The number of hydrogen-bond donors (Lipinski definition) is 0. The standard InChI is InChI=1S/C31H34F2/c1-3-5-7-25-13-10-23(19-30(25)32)8-9-24-12-17-29(31(33)20-24)28-16-15-26-18-22(6-4-2)11-14-27(26)21-28/h3-4,6,10,12-13,17,19-20,22,26-28H,1,5,7,11,14-16,18,21H2,2H3/b6-4+. The van der Waals surface area contributed by atoms with Crippen LogP contribution >= 0.6 is 0 Å². The zero-order valence-corrected chi connectivity index (χ0v) is 19.6. The van der Waals surface area contributed by atoms with Crippen LogP contribution in [0.15, 0.2) is 61.2 Å². The summed E-state index contributed by atoms with van der Waals surface area (Å²) in [5.74, 6) is 8.16. The molecular formula is C31H34F2. The van der Waals surface area contributed by atoms with Crippen LogP contribution < -0.4 is 0 Å². The van der Waals surface area contributed by atoms with Gasteiger partial charge in [0.2, 0.25) is 0 Å². The molecule has 2 saturated carbocycles. The Bertz CT molecular complexity index is 1070. The van der Waals surface area contributed by atoms with Gasteiger partial charge in [-0.3, -0.25) is 0 Å². The first-order valence-electron chi connectivity index (χ1n) is 12.4. The summed E-state index contributed by atoms with van der Waals surface area (Å²) in [6, 6.07) is 10.4. The van der Waals surface area contributed by atoms with Gasteiger partial charge >= 0.3 is 0 Å². The van der Waals surface area contributed by atoms with Gasteiger partial charge in [0.25, 0.3) is 0 Å². The second-order valence-electron chi connectivity index (χ2n) is 9.75. The monoisotopic (exact) mass is 444 g/mol. The molecule has 0 amide bonds. The number of aryl methyl sites for hydroxylation is 1. The summed E-state index contributed by atoms with van der Waals surface area (Å²) >= 11 is 0. The highest BCUT2D eigenvalue weighted by Gasteiger charge is 2.35. The quantitative estimate of drug-likeness (QED) is 0.321. The van der Waals surface area contributed by atoms with Crippen molar-refractivity contribution in [2.75, 3.05) is 0 Å². The molecule has 4 atom stereocenters. The van der Waals surface area contributed by atoms with Crippen molar-refractivity contribution >= 4 is 0 Å². The van der Waals surface area contributed by atoms with Crippen molar-refractivity contribution in [1.82, 2.24) is 0 Å². The summed E-state index contributed by atoms with van der Waals surface area (Å²) in [6.45, 7) is 5.79. The molecule has 4 unspecified atom stereocenters. The van der Waals surface area contributed by atoms with Crippen molar-refractivity contribution in [3.63, 3.8) is 0 Å². The van der Waals surface area contributed by atoms with Crippen LogP contribution in [-0.4, -0.2) is 0 Å². The van der Waals surface area contributed by atoms with E-state index in [-0.39, 0.29) is 11.6 Å². The number of rotatable bonds is 5. The summed E-state index contributed by atoms with van der Waals surface area (Å²) in [5.41, 5.74) is 2.74. The van der Waals surface area contributed by atoms with Crippen LogP contribution in [0.2, 0.25) is 0 Å². The molecule has 2 aromatic carbocycles. The highest BCUT2D eigenvalue weighted by molar-refractivity contribution is 5.45.